The number of likely N-dealkylation sites (N-methyl/N-ethyl adjacent to an activating group) is 1. The number of carbonyl (C=O) groups excluding carboxylic acids is 1. The van der Waals surface area contributed by atoms with Gasteiger partial charge in [-0.3, -0.25) is 4.79 Å². The highest BCUT2D eigenvalue weighted by Crippen LogP contribution is 2.13. The molecular weight excluding hydrogens is 240 g/mol. The summed E-state index contributed by atoms with van der Waals surface area (Å²) in [5, 5.41) is 9.96. The second-order valence-corrected chi connectivity index (χ2v) is 5.18. The Morgan fingerprint density at radius 3 is 2.59 bits per heavy atom. The van der Waals surface area contributed by atoms with E-state index >= 15 is 0 Å². The van der Waals surface area contributed by atoms with Gasteiger partial charge in [0, 0.05) is 24.8 Å². The first-order valence-electron chi connectivity index (χ1n) is 5.31. The normalized spacial score (nSPS) is 11.4. The van der Waals surface area contributed by atoms with Crippen LogP contribution in [0.2, 0.25) is 5.15 Å². The number of halogens is 1. The van der Waals surface area contributed by atoms with E-state index in [1.165, 1.54) is 11.0 Å². The zero-order valence-electron chi connectivity index (χ0n) is 10.5. The molecule has 0 atom stereocenters. The molecule has 1 N–H and O–H groups in total. The van der Waals surface area contributed by atoms with Gasteiger partial charge in [-0.15, -0.1) is 0 Å². The molecule has 1 amide bonds. The van der Waals surface area contributed by atoms with Gasteiger partial charge in [0.15, 0.2) is 0 Å². The van der Waals surface area contributed by atoms with E-state index in [-0.39, 0.29) is 12.5 Å². The van der Waals surface area contributed by atoms with Gasteiger partial charge in [0.1, 0.15) is 5.15 Å². The lowest BCUT2D eigenvalue weighted by molar-refractivity contribution is 0.0368. The molecule has 0 aromatic carbocycles. The van der Waals surface area contributed by atoms with Crippen LogP contribution < -0.4 is 0 Å². The third-order valence-electron chi connectivity index (χ3n) is 2.14. The zero-order chi connectivity index (χ0) is 13.2. The molecule has 1 rings (SSSR count). The van der Waals surface area contributed by atoms with Crippen molar-refractivity contribution in [3.63, 3.8) is 0 Å². The summed E-state index contributed by atoms with van der Waals surface area (Å²) in [4.78, 5) is 17.5. The number of aromatic nitrogens is 1. The minimum Gasteiger partial charge on any atom is -0.389 e. The zero-order valence-corrected chi connectivity index (χ0v) is 11.2. The van der Waals surface area contributed by atoms with E-state index in [9.17, 15) is 9.90 Å². The first-order valence-corrected chi connectivity index (χ1v) is 5.69. The highest BCUT2D eigenvalue weighted by molar-refractivity contribution is 6.29. The Hall–Kier alpha value is -1.13. The summed E-state index contributed by atoms with van der Waals surface area (Å²) < 4.78 is 0. The quantitative estimate of drug-likeness (QED) is 0.841. The van der Waals surface area contributed by atoms with Crippen molar-refractivity contribution in [2.75, 3.05) is 13.6 Å². The van der Waals surface area contributed by atoms with Gasteiger partial charge in [0.25, 0.3) is 5.91 Å². The number of aryl methyl sites for hydroxylation is 1. The van der Waals surface area contributed by atoms with Crippen molar-refractivity contribution in [3.05, 3.63) is 28.5 Å². The van der Waals surface area contributed by atoms with E-state index in [2.05, 4.69) is 4.98 Å². The summed E-state index contributed by atoms with van der Waals surface area (Å²) in [7, 11) is 1.64. The van der Waals surface area contributed by atoms with Crippen LogP contribution in [0.3, 0.4) is 0 Å². The average Bonchev–Trinajstić information content (AvgIpc) is 2.12. The lowest BCUT2D eigenvalue weighted by atomic mass is 10.1. The van der Waals surface area contributed by atoms with Gasteiger partial charge in [0.05, 0.1) is 5.60 Å². The Morgan fingerprint density at radius 2 is 2.12 bits per heavy atom. The standard InChI is InChI=1S/C12H17ClN2O2/c1-8-5-9(6-10(13)14-8)11(16)15(4)7-12(2,3)17/h5-6,17H,7H2,1-4H3. The summed E-state index contributed by atoms with van der Waals surface area (Å²) in [6, 6.07) is 3.20. The van der Waals surface area contributed by atoms with Crippen LogP contribution in [0.1, 0.15) is 29.9 Å². The van der Waals surface area contributed by atoms with Gasteiger partial charge in [-0.2, -0.15) is 0 Å². The molecule has 0 fully saturated rings. The summed E-state index contributed by atoms with van der Waals surface area (Å²) in [5.41, 5.74) is 0.253. The van der Waals surface area contributed by atoms with Crippen LogP contribution in [-0.4, -0.2) is 40.1 Å². The molecular formula is C12H17ClN2O2. The van der Waals surface area contributed by atoms with Crippen LogP contribution >= 0.6 is 11.6 Å². The van der Waals surface area contributed by atoms with Crippen molar-refractivity contribution < 1.29 is 9.90 Å². The number of nitrogens with zero attached hydrogens (tertiary/aromatic N) is 2. The van der Waals surface area contributed by atoms with Gasteiger partial charge in [-0.25, -0.2) is 4.98 Å². The van der Waals surface area contributed by atoms with E-state index < -0.39 is 5.60 Å². The Bertz CT molecular complexity index is 407. The molecule has 0 aliphatic heterocycles. The molecule has 0 aliphatic rings. The van der Waals surface area contributed by atoms with Crippen LogP contribution in [0, 0.1) is 6.92 Å². The maximum atomic E-state index is 12.1. The third-order valence-corrected chi connectivity index (χ3v) is 2.33. The maximum absolute atomic E-state index is 12.1. The van der Waals surface area contributed by atoms with Crippen LogP contribution in [0.4, 0.5) is 0 Å². The van der Waals surface area contributed by atoms with Crippen molar-refractivity contribution in [2.24, 2.45) is 0 Å². The molecule has 1 aromatic rings. The fraction of sp³-hybridized carbons (Fsp3) is 0.500. The van der Waals surface area contributed by atoms with Gasteiger partial charge in [-0.1, -0.05) is 11.6 Å². The largest absolute Gasteiger partial charge is 0.389 e. The Morgan fingerprint density at radius 1 is 1.53 bits per heavy atom. The maximum Gasteiger partial charge on any atom is 0.253 e. The minimum atomic E-state index is -0.920. The molecule has 0 radical (unpaired) electrons. The van der Waals surface area contributed by atoms with Crippen molar-refractivity contribution in [1.82, 2.24) is 9.88 Å². The molecule has 0 saturated carbocycles. The van der Waals surface area contributed by atoms with Crippen LogP contribution in [0.25, 0.3) is 0 Å². The number of pyridine rings is 1. The van der Waals surface area contributed by atoms with E-state index in [0.717, 1.165) is 0 Å². The van der Waals surface area contributed by atoms with Crippen molar-refractivity contribution >= 4 is 17.5 Å². The SMILES string of the molecule is Cc1cc(C(=O)N(C)CC(C)(C)O)cc(Cl)n1. The number of amides is 1. The van der Waals surface area contributed by atoms with E-state index in [0.29, 0.717) is 16.4 Å². The van der Waals surface area contributed by atoms with Crippen molar-refractivity contribution in [1.29, 1.82) is 0 Å². The van der Waals surface area contributed by atoms with Crippen LogP contribution in [-0.2, 0) is 0 Å². The molecule has 5 heteroatoms. The summed E-state index contributed by atoms with van der Waals surface area (Å²) >= 11 is 5.80. The topological polar surface area (TPSA) is 53.4 Å². The predicted octanol–water partition coefficient (Wildman–Crippen LogP) is 1.89. The first kappa shape index (κ1) is 13.9. The molecule has 0 aliphatic carbocycles. The van der Waals surface area contributed by atoms with Gasteiger partial charge < -0.3 is 10.0 Å². The van der Waals surface area contributed by atoms with Crippen LogP contribution in [0.15, 0.2) is 12.1 Å². The lowest BCUT2D eigenvalue weighted by Gasteiger charge is -2.25. The molecule has 4 nitrogen and oxygen atoms in total. The number of hydrogen-bond donors (Lipinski definition) is 1. The minimum absolute atomic E-state index is 0.181. The van der Waals surface area contributed by atoms with Gasteiger partial charge in [-0.05, 0) is 32.9 Å². The highest BCUT2D eigenvalue weighted by Gasteiger charge is 2.20. The van der Waals surface area contributed by atoms with Crippen molar-refractivity contribution in [2.45, 2.75) is 26.4 Å². The average molecular weight is 257 g/mol. The molecule has 1 heterocycles. The molecule has 17 heavy (non-hydrogen) atoms. The lowest BCUT2D eigenvalue weighted by Crippen LogP contribution is -2.39. The molecule has 1 aromatic heterocycles. The fourth-order valence-electron chi connectivity index (χ4n) is 1.62. The highest BCUT2D eigenvalue weighted by atomic mass is 35.5. The van der Waals surface area contributed by atoms with Gasteiger partial charge >= 0.3 is 0 Å². The second-order valence-electron chi connectivity index (χ2n) is 4.79. The number of carbonyl (C=O) groups is 1. The molecule has 0 spiro atoms. The summed E-state index contributed by atoms with van der Waals surface area (Å²) in [6.45, 7) is 5.34. The summed E-state index contributed by atoms with van der Waals surface area (Å²) in [5.74, 6) is -0.181. The Kier molecular flexibility index (Phi) is 4.11. The smallest absolute Gasteiger partial charge is 0.253 e. The predicted molar refractivity (Wildman–Crippen MR) is 67.2 cm³/mol. The monoisotopic (exact) mass is 256 g/mol. The van der Waals surface area contributed by atoms with E-state index in [1.54, 1.807) is 33.9 Å². The molecule has 0 bridgehead atoms. The van der Waals surface area contributed by atoms with Gasteiger partial charge in [0.2, 0.25) is 0 Å². The molecule has 0 unspecified atom stereocenters. The Labute approximate surface area is 106 Å². The number of aliphatic hydroxyl groups is 1. The summed E-state index contributed by atoms with van der Waals surface area (Å²) in [6.07, 6.45) is 0. The molecule has 94 valence electrons. The van der Waals surface area contributed by atoms with E-state index in [4.69, 9.17) is 11.6 Å². The number of hydrogen-bond acceptors (Lipinski definition) is 3. The number of rotatable bonds is 3. The van der Waals surface area contributed by atoms with Crippen LogP contribution in [0.5, 0.6) is 0 Å². The van der Waals surface area contributed by atoms with Crippen molar-refractivity contribution in [3.8, 4) is 0 Å². The van der Waals surface area contributed by atoms with E-state index in [1.807, 2.05) is 0 Å². The molecule has 0 saturated heterocycles. The third kappa shape index (κ3) is 4.32. The Balaban J connectivity index is 2.89. The second kappa shape index (κ2) is 5.02. The first-order chi connectivity index (χ1) is 7.69. The fourth-order valence-corrected chi connectivity index (χ4v) is 1.87.